The maximum atomic E-state index is 13.1. The van der Waals surface area contributed by atoms with Gasteiger partial charge in [-0.3, -0.25) is 4.79 Å². The van der Waals surface area contributed by atoms with Crippen molar-refractivity contribution < 1.29 is 18.3 Å². The summed E-state index contributed by atoms with van der Waals surface area (Å²) < 4.78 is 25.2. The van der Waals surface area contributed by atoms with Crippen molar-refractivity contribution in [2.24, 2.45) is 0 Å². The summed E-state index contributed by atoms with van der Waals surface area (Å²) in [5.41, 5.74) is 4.69. The van der Waals surface area contributed by atoms with E-state index < -0.39 is 0 Å². The van der Waals surface area contributed by atoms with Crippen molar-refractivity contribution in [2.45, 2.75) is 31.1 Å². The number of amides is 1. The minimum atomic E-state index is -0.311. The summed E-state index contributed by atoms with van der Waals surface area (Å²) >= 11 is 0. The van der Waals surface area contributed by atoms with E-state index in [0.29, 0.717) is 28.4 Å². The van der Waals surface area contributed by atoms with E-state index in [4.69, 9.17) is 9.15 Å². The molecule has 2 aliphatic rings. The van der Waals surface area contributed by atoms with Gasteiger partial charge in [-0.1, -0.05) is 0 Å². The fourth-order valence-corrected chi connectivity index (χ4v) is 5.05. The van der Waals surface area contributed by atoms with Crippen LogP contribution in [0.15, 0.2) is 65.1 Å². The average Bonchev–Trinajstić information content (AvgIpc) is 3.59. The molecule has 0 atom stereocenters. The molecule has 0 bridgehead atoms. The van der Waals surface area contributed by atoms with E-state index in [9.17, 15) is 9.18 Å². The minimum Gasteiger partial charge on any atom is -0.457 e. The number of nitrogens with one attached hydrogen (secondary N) is 2. The molecule has 1 spiro atoms. The number of hydrogen-bond acceptors (Lipinski definition) is 4. The fourth-order valence-electron chi connectivity index (χ4n) is 5.05. The molecule has 0 radical (unpaired) electrons. The molecule has 0 unspecified atom stereocenters. The second kappa shape index (κ2) is 7.90. The van der Waals surface area contributed by atoms with Crippen LogP contribution in [0.5, 0.6) is 11.5 Å². The monoisotopic (exact) mass is 456 g/mol. The largest absolute Gasteiger partial charge is 0.457 e. The first-order valence-corrected chi connectivity index (χ1v) is 11.7. The van der Waals surface area contributed by atoms with E-state index in [1.807, 2.05) is 24.3 Å². The number of hydrogen-bond donors (Lipinski definition) is 2. The highest BCUT2D eigenvalue weighted by Gasteiger charge is 2.46. The highest BCUT2D eigenvalue weighted by molar-refractivity contribution is 6.11. The molecular weight excluding hydrogens is 431 g/mol. The molecule has 34 heavy (non-hydrogen) atoms. The summed E-state index contributed by atoms with van der Waals surface area (Å²) in [4.78, 5) is 13.0. The number of rotatable bonds is 4. The van der Waals surface area contributed by atoms with Crippen LogP contribution in [-0.4, -0.2) is 19.5 Å². The van der Waals surface area contributed by atoms with Crippen molar-refractivity contribution in [3.63, 3.8) is 0 Å². The molecule has 3 aromatic carbocycles. The number of carbonyl (C=O) groups is 1. The number of ether oxygens (including phenoxy) is 1. The number of anilines is 1. The van der Waals surface area contributed by atoms with Gasteiger partial charge < -0.3 is 19.8 Å². The summed E-state index contributed by atoms with van der Waals surface area (Å²) in [6, 6.07) is 17.5. The molecule has 1 saturated carbocycles. The van der Waals surface area contributed by atoms with Crippen LogP contribution in [0.4, 0.5) is 10.1 Å². The molecule has 0 saturated heterocycles. The van der Waals surface area contributed by atoms with E-state index in [0.717, 1.165) is 29.6 Å². The summed E-state index contributed by atoms with van der Waals surface area (Å²) in [6.07, 6.45) is 4.72. The second-order valence-electron chi connectivity index (χ2n) is 9.17. The summed E-state index contributed by atoms with van der Waals surface area (Å²) in [7, 11) is 1.64. The van der Waals surface area contributed by atoms with Gasteiger partial charge in [-0.25, -0.2) is 4.39 Å². The van der Waals surface area contributed by atoms with Crippen LogP contribution in [0.2, 0.25) is 0 Å². The van der Waals surface area contributed by atoms with Crippen LogP contribution in [0.1, 0.15) is 41.6 Å². The van der Waals surface area contributed by atoms with Gasteiger partial charge in [-0.05, 0) is 91.3 Å². The Balaban J connectivity index is 1.41. The first-order valence-electron chi connectivity index (χ1n) is 11.7. The van der Waals surface area contributed by atoms with E-state index in [1.165, 1.54) is 37.0 Å². The van der Waals surface area contributed by atoms with Crippen LogP contribution in [0.25, 0.3) is 22.3 Å². The predicted molar refractivity (Wildman–Crippen MR) is 130 cm³/mol. The number of fused-ring (bicyclic) bond motifs is 3. The number of furan rings is 1. The lowest BCUT2D eigenvalue weighted by molar-refractivity contribution is 0.0964. The Bertz CT molecular complexity index is 1390. The van der Waals surface area contributed by atoms with Gasteiger partial charge in [0.25, 0.3) is 5.91 Å². The van der Waals surface area contributed by atoms with E-state index in [1.54, 1.807) is 19.2 Å². The first kappa shape index (κ1) is 20.8. The SMILES string of the molecule is CNC(=O)c1c(-c2ccc(Oc3ccc(F)cc3)cc2)oc2cc3c(cc12)C1(CCCN3)CC1. The van der Waals surface area contributed by atoms with Crippen LogP contribution in [-0.2, 0) is 5.41 Å². The third-order valence-electron chi connectivity index (χ3n) is 7.02. The first-order chi connectivity index (χ1) is 16.6. The Morgan fingerprint density at radius 3 is 2.41 bits per heavy atom. The molecule has 1 aliphatic carbocycles. The third kappa shape index (κ3) is 3.50. The zero-order valence-electron chi connectivity index (χ0n) is 18.9. The molecular formula is C28H25FN2O3. The molecule has 2 heterocycles. The molecule has 6 rings (SSSR count). The summed E-state index contributed by atoms with van der Waals surface area (Å²) in [5, 5.41) is 7.18. The van der Waals surface area contributed by atoms with Crippen molar-refractivity contribution in [1.29, 1.82) is 0 Å². The zero-order valence-corrected chi connectivity index (χ0v) is 18.9. The van der Waals surface area contributed by atoms with Gasteiger partial charge in [0.2, 0.25) is 0 Å². The molecule has 4 aromatic rings. The lowest BCUT2D eigenvalue weighted by Crippen LogP contribution is -2.18. The normalized spacial score (nSPS) is 15.9. The van der Waals surface area contributed by atoms with Crippen LogP contribution < -0.4 is 15.4 Å². The molecule has 172 valence electrons. The maximum absolute atomic E-state index is 13.1. The predicted octanol–water partition coefficient (Wildman–Crippen LogP) is 6.63. The molecule has 1 amide bonds. The lowest BCUT2D eigenvalue weighted by atomic mass is 9.89. The topological polar surface area (TPSA) is 63.5 Å². The van der Waals surface area contributed by atoms with Crippen molar-refractivity contribution in [2.75, 3.05) is 18.9 Å². The van der Waals surface area contributed by atoms with Crippen LogP contribution in [0, 0.1) is 5.82 Å². The molecule has 1 fully saturated rings. The smallest absolute Gasteiger partial charge is 0.255 e. The quantitative estimate of drug-likeness (QED) is 0.362. The fraction of sp³-hybridized carbons (Fsp3) is 0.250. The number of carbonyl (C=O) groups excluding carboxylic acids is 1. The second-order valence-corrected chi connectivity index (χ2v) is 9.17. The Kier molecular flexibility index (Phi) is 4.83. The molecule has 2 N–H and O–H groups in total. The Morgan fingerprint density at radius 2 is 1.74 bits per heavy atom. The van der Waals surface area contributed by atoms with Crippen molar-refractivity contribution in [1.82, 2.24) is 5.32 Å². The van der Waals surface area contributed by atoms with Gasteiger partial charge in [0, 0.05) is 36.3 Å². The minimum absolute atomic E-state index is 0.174. The zero-order chi connectivity index (χ0) is 23.3. The van der Waals surface area contributed by atoms with Gasteiger partial charge in [-0.15, -0.1) is 0 Å². The van der Waals surface area contributed by atoms with Gasteiger partial charge in [-0.2, -0.15) is 0 Å². The van der Waals surface area contributed by atoms with Crippen molar-refractivity contribution >= 4 is 22.6 Å². The molecule has 1 aliphatic heterocycles. The van der Waals surface area contributed by atoms with E-state index >= 15 is 0 Å². The van der Waals surface area contributed by atoms with Crippen molar-refractivity contribution in [3.8, 4) is 22.8 Å². The Hall–Kier alpha value is -3.80. The van der Waals surface area contributed by atoms with E-state index in [-0.39, 0.29) is 17.1 Å². The van der Waals surface area contributed by atoms with Gasteiger partial charge in [0.15, 0.2) is 0 Å². The van der Waals surface area contributed by atoms with E-state index in [2.05, 4.69) is 22.8 Å². The molecule has 6 heteroatoms. The molecule has 1 aromatic heterocycles. The molecule has 5 nitrogen and oxygen atoms in total. The highest BCUT2D eigenvalue weighted by Crippen LogP contribution is 2.56. The highest BCUT2D eigenvalue weighted by atomic mass is 19.1. The standard InChI is InChI=1S/C28H25FN2O3/c1-30-27(32)25-21-15-22-23(31-14-2-11-28(22)12-13-28)16-24(21)34-26(25)17-3-7-19(8-4-17)33-20-9-5-18(29)6-10-20/h3-10,15-16,31H,2,11-14H2,1H3,(H,30,32). The average molecular weight is 457 g/mol. The summed E-state index contributed by atoms with van der Waals surface area (Å²) in [5.74, 6) is 1.21. The van der Waals surface area contributed by atoms with Crippen LogP contribution >= 0.6 is 0 Å². The van der Waals surface area contributed by atoms with Gasteiger partial charge in [0.1, 0.15) is 28.7 Å². The third-order valence-corrected chi connectivity index (χ3v) is 7.02. The van der Waals surface area contributed by atoms with Crippen LogP contribution in [0.3, 0.4) is 0 Å². The van der Waals surface area contributed by atoms with Crippen molar-refractivity contribution in [3.05, 3.63) is 77.6 Å². The van der Waals surface area contributed by atoms with Gasteiger partial charge in [0.05, 0.1) is 5.56 Å². The number of halogens is 1. The Labute approximate surface area is 196 Å². The Morgan fingerprint density at radius 1 is 1.03 bits per heavy atom. The maximum Gasteiger partial charge on any atom is 0.255 e. The van der Waals surface area contributed by atoms with Gasteiger partial charge >= 0.3 is 0 Å². The number of benzene rings is 3. The summed E-state index contributed by atoms with van der Waals surface area (Å²) in [6.45, 7) is 0.950. The lowest BCUT2D eigenvalue weighted by Gasteiger charge is -2.15.